The van der Waals surface area contributed by atoms with Crippen molar-refractivity contribution in [3.8, 4) is 0 Å². The predicted octanol–water partition coefficient (Wildman–Crippen LogP) is 5.63. The molecule has 0 atom stereocenters. The number of hydrogen-bond acceptors (Lipinski definition) is 4. The Labute approximate surface area is 190 Å². The summed E-state index contributed by atoms with van der Waals surface area (Å²) in [6.07, 6.45) is 6.27. The van der Waals surface area contributed by atoms with Gasteiger partial charge in [-0.25, -0.2) is 4.98 Å². The number of rotatable bonds is 2. The molecule has 2 aliphatic rings. The van der Waals surface area contributed by atoms with E-state index in [0.717, 1.165) is 47.3 Å². The quantitative estimate of drug-likeness (QED) is 0.546. The summed E-state index contributed by atoms with van der Waals surface area (Å²) in [5.74, 6) is 0.531. The topological polar surface area (TPSA) is 54.0 Å². The Balaban J connectivity index is 0.000000205. The van der Waals surface area contributed by atoms with E-state index in [2.05, 4.69) is 34.9 Å². The number of aryl methyl sites for hydroxylation is 3. The number of carbonyl (C=O) groups excluding carboxylic acids is 1. The maximum absolute atomic E-state index is 11.8. The molecule has 0 unspecified atom stereocenters. The van der Waals surface area contributed by atoms with Crippen molar-refractivity contribution >= 4 is 27.5 Å². The van der Waals surface area contributed by atoms with Crippen LogP contribution in [-0.4, -0.2) is 31.0 Å². The van der Waals surface area contributed by atoms with Crippen LogP contribution in [0.15, 0.2) is 36.4 Å². The van der Waals surface area contributed by atoms with Gasteiger partial charge in [0.1, 0.15) is 0 Å². The summed E-state index contributed by atoms with van der Waals surface area (Å²) in [6.45, 7) is 8.17. The van der Waals surface area contributed by atoms with Crippen LogP contribution in [0.3, 0.4) is 0 Å². The Morgan fingerprint density at radius 2 is 1.74 bits per heavy atom. The molecule has 0 saturated carbocycles. The Hall–Kier alpha value is -2.24. The van der Waals surface area contributed by atoms with Crippen molar-refractivity contribution in [2.75, 3.05) is 20.1 Å². The highest BCUT2D eigenvalue weighted by molar-refractivity contribution is 7.18. The van der Waals surface area contributed by atoms with Crippen LogP contribution in [0.2, 0.25) is 0 Å². The zero-order chi connectivity index (χ0) is 22.2. The molecule has 0 bridgehead atoms. The zero-order valence-corrected chi connectivity index (χ0v) is 20.1. The van der Waals surface area contributed by atoms with Crippen LogP contribution >= 0.6 is 11.3 Å². The largest absolute Gasteiger partial charge is 0.355 e. The highest BCUT2D eigenvalue weighted by Gasteiger charge is 2.20. The van der Waals surface area contributed by atoms with Crippen molar-refractivity contribution in [3.63, 3.8) is 0 Å². The van der Waals surface area contributed by atoms with Crippen LogP contribution in [0.5, 0.6) is 0 Å². The van der Waals surface area contributed by atoms with E-state index in [0.29, 0.717) is 5.92 Å². The van der Waals surface area contributed by atoms with Gasteiger partial charge in [-0.05, 0) is 80.9 Å². The summed E-state index contributed by atoms with van der Waals surface area (Å²) < 4.78 is 1.12. The molecule has 166 valence electrons. The average Bonchev–Trinajstić information content (AvgIpc) is 3.48. The number of benzene rings is 2. The van der Waals surface area contributed by atoms with E-state index in [1.807, 2.05) is 32.9 Å². The van der Waals surface area contributed by atoms with Crippen molar-refractivity contribution in [1.82, 2.24) is 15.6 Å². The van der Waals surface area contributed by atoms with E-state index in [1.54, 1.807) is 29.5 Å². The van der Waals surface area contributed by atoms with Gasteiger partial charge in [0.2, 0.25) is 0 Å². The van der Waals surface area contributed by atoms with Crippen LogP contribution in [0, 0.1) is 6.92 Å². The standard InChI is InChI=1S/C15H19N3OS.C9H10.C2H6/c1-9-7-11(14(19)16-2)8-12-13(9)18-15(20-12)10-3-5-17-6-4-10;1-2-5-9-7-3-6-8(9)4-1;1-2/h7-8,10,17H,3-6H2,1-2H3,(H,16,19);1-2,4-5H,3,6-7H2;1-2H3. The molecule has 31 heavy (non-hydrogen) atoms. The number of carbonyl (C=O) groups is 1. The second-order valence-corrected chi connectivity index (χ2v) is 8.98. The summed E-state index contributed by atoms with van der Waals surface area (Å²) in [5.41, 5.74) is 5.99. The van der Waals surface area contributed by atoms with E-state index < -0.39 is 0 Å². The Kier molecular flexibility index (Phi) is 8.61. The summed E-state index contributed by atoms with van der Waals surface area (Å²) in [7, 11) is 1.66. The molecule has 2 heterocycles. The van der Waals surface area contributed by atoms with Crippen LogP contribution in [0.25, 0.3) is 10.2 Å². The number of nitrogens with one attached hydrogen (secondary N) is 2. The summed E-state index contributed by atoms with van der Waals surface area (Å²) in [4.78, 5) is 16.6. The Bertz CT molecular complexity index is 982. The molecule has 5 rings (SSSR count). The van der Waals surface area contributed by atoms with Crippen LogP contribution in [-0.2, 0) is 12.8 Å². The SMILES string of the molecule is CC.CNC(=O)c1cc(C)c2nc(C3CCNCC3)sc2c1.c1ccc2c(c1)CCC2. The highest BCUT2D eigenvalue weighted by Crippen LogP contribution is 2.34. The number of fused-ring (bicyclic) bond motifs is 2. The lowest BCUT2D eigenvalue weighted by Gasteiger charge is -2.20. The molecule has 4 nitrogen and oxygen atoms in total. The van der Waals surface area contributed by atoms with Gasteiger partial charge in [0.05, 0.1) is 15.2 Å². The van der Waals surface area contributed by atoms with Gasteiger partial charge in [-0.1, -0.05) is 38.1 Å². The maximum atomic E-state index is 11.8. The minimum Gasteiger partial charge on any atom is -0.355 e. The lowest BCUT2D eigenvalue weighted by molar-refractivity contribution is 0.0963. The fraction of sp³-hybridized carbons (Fsp3) is 0.462. The minimum absolute atomic E-state index is 0.0354. The second-order valence-electron chi connectivity index (χ2n) is 7.92. The molecule has 0 radical (unpaired) electrons. The molecule has 5 heteroatoms. The van der Waals surface area contributed by atoms with Gasteiger partial charge in [0, 0.05) is 18.5 Å². The number of amides is 1. The van der Waals surface area contributed by atoms with Gasteiger partial charge in [-0.15, -0.1) is 11.3 Å². The lowest BCUT2D eigenvalue weighted by Crippen LogP contribution is -2.26. The maximum Gasteiger partial charge on any atom is 0.251 e. The molecule has 1 amide bonds. The van der Waals surface area contributed by atoms with Crippen molar-refractivity contribution < 1.29 is 4.79 Å². The van der Waals surface area contributed by atoms with Crippen LogP contribution in [0.4, 0.5) is 0 Å². The van der Waals surface area contributed by atoms with E-state index in [-0.39, 0.29) is 5.91 Å². The molecular formula is C26H35N3OS. The first kappa shape index (κ1) is 23.4. The van der Waals surface area contributed by atoms with Gasteiger partial charge in [-0.2, -0.15) is 0 Å². The van der Waals surface area contributed by atoms with E-state index in [4.69, 9.17) is 4.98 Å². The van der Waals surface area contributed by atoms with E-state index in [9.17, 15) is 4.79 Å². The van der Waals surface area contributed by atoms with Crippen molar-refractivity contribution in [2.24, 2.45) is 0 Å². The fourth-order valence-electron chi connectivity index (χ4n) is 4.25. The molecule has 1 aliphatic heterocycles. The van der Waals surface area contributed by atoms with Crippen LogP contribution in [0.1, 0.15) is 71.1 Å². The number of nitrogens with zero attached hydrogens (tertiary/aromatic N) is 1. The molecule has 0 spiro atoms. The summed E-state index contributed by atoms with van der Waals surface area (Å²) >= 11 is 1.74. The normalized spacial score (nSPS) is 15.4. The number of thiazole rings is 1. The molecule has 2 aromatic carbocycles. The van der Waals surface area contributed by atoms with Crippen molar-refractivity contribution in [2.45, 2.75) is 58.8 Å². The average molecular weight is 438 g/mol. The molecule has 1 aromatic heterocycles. The van der Waals surface area contributed by atoms with Gasteiger partial charge in [0.15, 0.2) is 0 Å². The molecule has 1 fully saturated rings. The van der Waals surface area contributed by atoms with Crippen molar-refractivity contribution in [1.29, 1.82) is 0 Å². The number of aromatic nitrogens is 1. The molecule has 1 saturated heterocycles. The minimum atomic E-state index is -0.0354. The zero-order valence-electron chi connectivity index (χ0n) is 19.3. The monoisotopic (exact) mass is 437 g/mol. The molecule has 2 N–H and O–H groups in total. The van der Waals surface area contributed by atoms with Gasteiger partial charge in [0.25, 0.3) is 5.91 Å². The van der Waals surface area contributed by atoms with Crippen molar-refractivity contribution in [3.05, 3.63) is 63.7 Å². The van der Waals surface area contributed by atoms with Crippen LogP contribution < -0.4 is 10.6 Å². The van der Waals surface area contributed by atoms with Gasteiger partial charge >= 0.3 is 0 Å². The first-order valence-electron chi connectivity index (χ1n) is 11.6. The summed E-state index contributed by atoms with van der Waals surface area (Å²) in [5, 5.41) is 7.29. The van der Waals surface area contributed by atoms with E-state index in [1.165, 1.54) is 24.3 Å². The number of hydrogen-bond donors (Lipinski definition) is 2. The molecular weight excluding hydrogens is 402 g/mol. The Morgan fingerprint density at radius 1 is 1.10 bits per heavy atom. The molecule has 1 aliphatic carbocycles. The fourth-order valence-corrected chi connectivity index (χ4v) is 5.50. The highest BCUT2D eigenvalue weighted by atomic mass is 32.1. The Morgan fingerprint density at radius 3 is 2.35 bits per heavy atom. The van der Waals surface area contributed by atoms with E-state index >= 15 is 0 Å². The third-order valence-electron chi connectivity index (χ3n) is 5.89. The first-order valence-corrected chi connectivity index (χ1v) is 12.4. The second kappa shape index (κ2) is 11.4. The van der Waals surface area contributed by atoms with Gasteiger partial charge in [-0.3, -0.25) is 4.79 Å². The smallest absolute Gasteiger partial charge is 0.251 e. The lowest BCUT2D eigenvalue weighted by atomic mass is 9.99. The third kappa shape index (κ3) is 5.72. The first-order chi connectivity index (χ1) is 15.2. The molecule has 3 aromatic rings. The number of piperidine rings is 1. The summed E-state index contributed by atoms with van der Waals surface area (Å²) in [6, 6.07) is 12.6. The van der Waals surface area contributed by atoms with Gasteiger partial charge < -0.3 is 10.6 Å². The third-order valence-corrected chi connectivity index (χ3v) is 7.06. The predicted molar refractivity (Wildman–Crippen MR) is 132 cm³/mol.